The molecule has 0 aliphatic heterocycles. The fourth-order valence-corrected chi connectivity index (χ4v) is 2.20. The number of aryl methyl sites for hydroxylation is 2. The lowest BCUT2D eigenvalue weighted by Crippen LogP contribution is -2.07. The van der Waals surface area contributed by atoms with Gasteiger partial charge in [0.15, 0.2) is 0 Å². The van der Waals surface area contributed by atoms with Crippen LogP contribution in [0, 0.1) is 6.92 Å². The summed E-state index contributed by atoms with van der Waals surface area (Å²) in [6.07, 6.45) is 4.24. The molecule has 0 aliphatic rings. The van der Waals surface area contributed by atoms with Crippen molar-refractivity contribution in [2.45, 2.75) is 20.3 Å². The number of carbonyl (C=O) groups is 1. The van der Waals surface area contributed by atoms with Crippen molar-refractivity contribution in [3.05, 3.63) is 65.2 Å². The highest BCUT2D eigenvalue weighted by molar-refractivity contribution is 6.02. The second kappa shape index (κ2) is 7.46. The van der Waals surface area contributed by atoms with E-state index < -0.39 is 0 Å². The topological polar surface area (TPSA) is 38.3 Å². The molecule has 0 saturated heterocycles. The number of nitrogens with one attached hydrogen (secondary N) is 1. The normalized spacial score (nSPS) is 10.7. The summed E-state index contributed by atoms with van der Waals surface area (Å²) in [5.41, 5.74) is 4.02. The summed E-state index contributed by atoms with van der Waals surface area (Å²) in [6.45, 7) is 4.10. The van der Waals surface area contributed by atoms with E-state index in [2.05, 4.69) is 12.2 Å². The SMILES string of the molecule is CCc1cccc(NC(=O)/C=C/c2cc(C)ccc2OC)c1. The number of rotatable bonds is 5. The molecule has 2 aromatic carbocycles. The van der Waals surface area contributed by atoms with E-state index in [4.69, 9.17) is 4.74 Å². The first-order valence-corrected chi connectivity index (χ1v) is 7.35. The van der Waals surface area contributed by atoms with Gasteiger partial charge in [-0.1, -0.05) is 30.7 Å². The van der Waals surface area contributed by atoms with Crippen molar-refractivity contribution in [1.82, 2.24) is 0 Å². The first-order chi connectivity index (χ1) is 10.6. The molecular formula is C19H21NO2. The summed E-state index contributed by atoms with van der Waals surface area (Å²) in [7, 11) is 1.62. The minimum absolute atomic E-state index is 0.156. The lowest BCUT2D eigenvalue weighted by atomic mass is 10.1. The van der Waals surface area contributed by atoms with Crippen molar-refractivity contribution < 1.29 is 9.53 Å². The quantitative estimate of drug-likeness (QED) is 0.839. The van der Waals surface area contributed by atoms with Gasteiger partial charge in [0.05, 0.1) is 7.11 Å². The molecular weight excluding hydrogens is 274 g/mol. The Morgan fingerprint density at radius 3 is 2.77 bits per heavy atom. The molecule has 0 unspecified atom stereocenters. The number of carbonyl (C=O) groups excluding carboxylic acids is 1. The standard InChI is InChI=1S/C19H21NO2/c1-4-15-6-5-7-17(13-15)20-19(21)11-9-16-12-14(2)8-10-18(16)22-3/h5-13H,4H2,1-3H3,(H,20,21)/b11-9+. The number of methoxy groups -OCH3 is 1. The molecule has 3 nitrogen and oxygen atoms in total. The molecule has 1 amide bonds. The van der Waals surface area contributed by atoms with Crippen molar-refractivity contribution in [2.24, 2.45) is 0 Å². The zero-order valence-electron chi connectivity index (χ0n) is 13.2. The van der Waals surface area contributed by atoms with Crippen LogP contribution in [0.1, 0.15) is 23.6 Å². The molecule has 0 aliphatic carbocycles. The van der Waals surface area contributed by atoms with Gasteiger partial charge in [-0.05, 0) is 49.2 Å². The first-order valence-electron chi connectivity index (χ1n) is 7.35. The fourth-order valence-electron chi connectivity index (χ4n) is 2.20. The molecule has 2 aromatic rings. The van der Waals surface area contributed by atoms with E-state index in [9.17, 15) is 4.79 Å². The van der Waals surface area contributed by atoms with Crippen LogP contribution in [0.15, 0.2) is 48.5 Å². The second-order valence-corrected chi connectivity index (χ2v) is 5.12. The van der Waals surface area contributed by atoms with Crippen molar-refractivity contribution >= 4 is 17.7 Å². The van der Waals surface area contributed by atoms with Crippen LogP contribution in [0.3, 0.4) is 0 Å². The van der Waals surface area contributed by atoms with Crippen LogP contribution < -0.4 is 10.1 Å². The highest BCUT2D eigenvalue weighted by atomic mass is 16.5. The van der Waals surface area contributed by atoms with Gasteiger partial charge in [0.25, 0.3) is 0 Å². The minimum atomic E-state index is -0.156. The smallest absolute Gasteiger partial charge is 0.248 e. The van der Waals surface area contributed by atoms with Crippen LogP contribution in [-0.4, -0.2) is 13.0 Å². The Hall–Kier alpha value is -2.55. The molecule has 0 spiro atoms. The zero-order chi connectivity index (χ0) is 15.9. The Kier molecular flexibility index (Phi) is 5.37. The third-order valence-electron chi connectivity index (χ3n) is 3.40. The molecule has 0 saturated carbocycles. The molecule has 3 heteroatoms. The fraction of sp³-hybridized carbons (Fsp3) is 0.211. The molecule has 1 N–H and O–H groups in total. The Morgan fingerprint density at radius 1 is 1.23 bits per heavy atom. The Bertz CT molecular complexity index is 690. The van der Waals surface area contributed by atoms with E-state index in [0.717, 1.165) is 29.0 Å². The van der Waals surface area contributed by atoms with Gasteiger partial charge in [0.2, 0.25) is 5.91 Å². The lowest BCUT2D eigenvalue weighted by Gasteiger charge is -2.06. The van der Waals surface area contributed by atoms with Gasteiger partial charge < -0.3 is 10.1 Å². The average Bonchev–Trinajstić information content (AvgIpc) is 2.53. The molecule has 114 valence electrons. The van der Waals surface area contributed by atoms with E-state index >= 15 is 0 Å². The predicted molar refractivity (Wildman–Crippen MR) is 91.2 cm³/mol. The second-order valence-electron chi connectivity index (χ2n) is 5.12. The van der Waals surface area contributed by atoms with Gasteiger partial charge in [-0.15, -0.1) is 0 Å². The van der Waals surface area contributed by atoms with Crippen molar-refractivity contribution in [1.29, 1.82) is 0 Å². The van der Waals surface area contributed by atoms with Gasteiger partial charge >= 0.3 is 0 Å². The Morgan fingerprint density at radius 2 is 2.05 bits per heavy atom. The van der Waals surface area contributed by atoms with Crippen LogP contribution in [0.4, 0.5) is 5.69 Å². The maximum Gasteiger partial charge on any atom is 0.248 e. The molecule has 0 radical (unpaired) electrons. The highest BCUT2D eigenvalue weighted by Crippen LogP contribution is 2.21. The van der Waals surface area contributed by atoms with E-state index in [1.807, 2.05) is 49.4 Å². The third-order valence-corrected chi connectivity index (χ3v) is 3.40. The van der Waals surface area contributed by atoms with Crippen LogP contribution in [-0.2, 0) is 11.2 Å². The molecule has 22 heavy (non-hydrogen) atoms. The van der Waals surface area contributed by atoms with E-state index in [1.165, 1.54) is 11.6 Å². The number of hydrogen-bond acceptors (Lipinski definition) is 2. The third kappa shape index (κ3) is 4.22. The summed E-state index contributed by atoms with van der Waals surface area (Å²) >= 11 is 0. The largest absolute Gasteiger partial charge is 0.496 e. The lowest BCUT2D eigenvalue weighted by molar-refractivity contribution is -0.111. The van der Waals surface area contributed by atoms with Gasteiger partial charge in [0.1, 0.15) is 5.75 Å². The minimum Gasteiger partial charge on any atom is -0.496 e. The molecule has 2 rings (SSSR count). The maximum atomic E-state index is 12.0. The molecule has 0 heterocycles. The van der Waals surface area contributed by atoms with Gasteiger partial charge in [-0.3, -0.25) is 4.79 Å². The van der Waals surface area contributed by atoms with Gasteiger partial charge in [0, 0.05) is 17.3 Å². The van der Waals surface area contributed by atoms with Gasteiger partial charge in [-0.2, -0.15) is 0 Å². The predicted octanol–water partition coefficient (Wildman–Crippen LogP) is 4.22. The van der Waals surface area contributed by atoms with Crippen molar-refractivity contribution in [2.75, 3.05) is 12.4 Å². The number of benzene rings is 2. The number of anilines is 1. The molecule has 0 aromatic heterocycles. The number of ether oxygens (including phenoxy) is 1. The van der Waals surface area contributed by atoms with Crippen molar-refractivity contribution in [3.8, 4) is 5.75 Å². The van der Waals surface area contributed by atoms with Crippen LogP contribution in [0.2, 0.25) is 0 Å². The van der Waals surface area contributed by atoms with Crippen LogP contribution in [0.25, 0.3) is 6.08 Å². The first kappa shape index (κ1) is 15.8. The summed E-state index contributed by atoms with van der Waals surface area (Å²) in [6, 6.07) is 13.7. The summed E-state index contributed by atoms with van der Waals surface area (Å²) in [4.78, 5) is 12.0. The monoisotopic (exact) mass is 295 g/mol. The average molecular weight is 295 g/mol. The van der Waals surface area contributed by atoms with Crippen LogP contribution >= 0.6 is 0 Å². The highest BCUT2D eigenvalue weighted by Gasteiger charge is 2.02. The molecule has 0 bridgehead atoms. The summed E-state index contributed by atoms with van der Waals surface area (Å²) in [5.74, 6) is 0.597. The maximum absolute atomic E-state index is 12.0. The summed E-state index contributed by atoms with van der Waals surface area (Å²) in [5, 5.41) is 2.87. The Balaban J connectivity index is 2.09. The Labute approximate surface area is 131 Å². The van der Waals surface area contributed by atoms with E-state index in [-0.39, 0.29) is 5.91 Å². The van der Waals surface area contributed by atoms with Gasteiger partial charge in [-0.25, -0.2) is 0 Å². The summed E-state index contributed by atoms with van der Waals surface area (Å²) < 4.78 is 5.30. The van der Waals surface area contributed by atoms with Crippen molar-refractivity contribution in [3.63, 3.8) is 0 Å². The molecule has 0 fully saturated rings. The zero-order valence-corrected chi connectivity index (χ0v) is 13.2. The molecule has 0 atom stereocenters. The number of amides is 1. The van der Waals surface area contributed by atoms with Crippen LogP contribution in [0.5, 0.6) is 5.75 Å². The van der Waals surface area contributed by atoms with E-state index in [1.54, 1.807) is 13.2 Å². The number of hydrogen-bond donors (Lipinski definition) is 1. The van der Waals surface area contributed by atoms with E-state index in [0.29, 0.717) is 0 Å².